The van der Waals surface area contributed by atoms with Crippen molar-refractivity contribution in [2.24, 2.45) is 7.05 Å². The van der Waals surface area contributed by atoms with Crippen LogP contribution in [-0.2, 0) is 7.05 Å². The van der Waals surface area contributed by atoms with Gasteiger partial charge in [-0.15, -0.1) is 0 Å². The predicted octanol–water partition coefficient (Wildman–Crippen LogP) is 2.89. The van der Waals surface area contributed by atoms with E-state index in [9.17, 15) is 8.78 Å². The van der Waals surface area contributed by atoms with Gasteiger partial charge in [-0.25, -0.2) is 23.4 Å². The van der Waals surface area contributed by atoms with Gasteiger partial charge in [-0.05, 0) is 28.1 Å². The number of aromatic nitrogens is 4. The maximum atomic E-state index is 13.4. The Morgan fingerprint density at radius 1 is 1.30 bits per heavy atom. The number of halogens is 3. The highest BCUT2D eigenvalue weighted by Gasteiger charge is 2.13. The summed E-state index contributed by atoms with van der Waals surface area (Å²) in [5.74, 6) is -0.774. The lowest BCUT2D eigenvalue weighted by Crippen LogP contribution is -2.13. The molecule has 3 aromatic rings. The van der Waals surface area contributed by atoms with Crippen LogP contribution in [0.5, 0.6) is 5.75 Å². The fourth-order valence-corrected chi connectivity index (χ4v) is 2.70. The molecule has 2 aromatic heterocycles. The maximum absolute atomic E-state index is 13.4. The van der Waals surface area contributed by atoms with Crippen LogP contribution in [0.4, 0.5) is 14.6 Å². The van der Waals surface area contributed by atoms with Crippen molar-refractivity contribution < 1.29 is 13.5 Å². The van der Waals surface area contributed by atoms with Gasteiger partial charge in [0.1, 0.15) is 29.2 Å². The van der Waals surface area contributed by atoms with Crippen molar-refractivity contribution >= 4 is 32.8 Å². The van der Waals surface area contributed by atoms with Gasteiger partial charge in [0.25, 0.3) is 0 Å². The van der Waals surface area contributed by atoms with Crippen LogP contribution < -0.4 is 10.1 Å². The number of rotatable bonds is 5. The van der Waals surface area contributed by atoms with Gasteiger partial charge >= 0.3 is 0 Å². The number of hydrogen-bond acceptors (Lipinski definition) is 5. The Balaban J connectivity index is 1.65. The Bertz CT molecular complexity index is 855. The summed E-state index contributed by atoms with van der Waals surface area (Å²) in [6.07, 6.45) is 1.43. The van der Waals surface area contributed by atoms with E-state index in [0.717, 1.165) is 17.5 Å². The first-order valence-electron chi connectivity index (χ1n) is 6.71. The number of fused-ring (bicyclic) bond motifs is 1. The molecule has 0 aliphatic carbocycles. The van der Waals surface area contributed by atoms with Gasteiger partial charge in [-0.1, -0.05) is 0 Å². The number of nitrogens with one attached hydrogen (secondary N) is 1. The first-order valence-corrected chi connectivity index (χ1v) is 7.50. The lowest BCUT2D eigenvalue weighted by molar-refractivity contribution is 0.314. The third-order valence-electron chi connectivity index (χ3n) is 3.12. The largest absolute Gasteiger partial charge is 0.489 e. The molecule has 1 aromatic carbocycles. The quantitative estimate of drug-likeness (QED) is 0.686. The third-order valence-corrected chi connectivity index (χ3v) is 3.68. The number of aryl methyl sites for hydroxylation is 1. The molecule has 3 rings (SSSR count). The lowest BCUT2D eigenvalue weighted by atomic mass is 10.3. The summed E-state index contributed by atoms with van der Waals surface area (Å²) >= 11 is 3.36. The molecule has 9 heteroatoms. The van der Waals surface area contributed by atoms with Crippen molar-refractivity contribution in [1.29, 1.82) is 0 Å². The average molecular weight is 384 g/mol. The topological polar surface area (TPSA) is 64.9 Å². The zero-order chi connectivity index (χ0) is 16.4. The third kappa shape index (κ3) is 3.24. The van der Waals surface area contributed by atoms with Gasteiger partial charge in [0.15, 0.2) is 17.2 Å². The molecule has 0 bridgehead atoms. The van der Waals surface area contributed by atoms with Crippen LogP contribution in [0.25, 0.3) is 11.0 Å². The summed E-state index contributed by atoms with van der Waals surface area (Å²) < 4.78 is 33.8. The first kappa shape index (κ1) is 15.6. The van der Waals surface area contributed by atoms with Crippen LogP contribution in [0, 0.1) is 11.6 Å². The van der Waals surface area contributed by atoms with Gasteiger partial charge in [-0.2, -0.15) is 5.10 Å². The van der Waals surface area contributed by atoms with Crippen LogP contribution in [-0.4, -0.2) is 32.9 Å². The molecule has 23 heavy (non-hydrogen) atoms. The molecule has 6 nitrogen and oxygen atoms in total. The van der Waals surface area contributed by atoms with Crippen molar-refractivity contribution in [3.63, 3.8) is 0 Å². The van der Waals surface area contributed by atoms with Crippen molar-refractivity contribution in [2.45, 2.75) is 0 Å². The summed E-state index contributed by atoms with van der Waals surface area (Å²) in [4.78, 5) is 8.33. The highest BCUT2D eigenvalue weighted by molar-refractivity contribution is 9.10. The molecule has 0 saturated heterocycles. The smallest absolute Gasteiger partial charge is 0.167 e. The average Bonchev–Trinajstić information content (AvgIpc) is 2.81. The summed E-state index contributed by atoms with van der Waals surface area (Å²) in [5.41, 5.74) is 0.680. The van der Waals surface area contributed by atoms with Crippen LogP contribution in [0.15, 0.2) is 29.1 Å². The zero-order valence-corrected chi connectivity index (χ0v) is 13.6. The van der Waals surface area contributed by atoms with E-state index in [1.165, 1.54) is 12.4 Å². The number of anilines is 1. The molecule has 0 amide bonds. The molecule has 120 valence electrons. The lowest BCUT2D eigenvalue weighted by Gasteiger charge is -2.09. The molecule has 0 atom stereocenters. The molecule has 0 saturated carbocycles. The zero-order valence-electron chi connectivity index (χ0n) is 12.1. The molecule has 0 spiro atoms. The van der Waals surface area contributed by atoms with E-state index in [-0.39, 0.29) is 12.4 Å². The SMILES string of the molecule is Cn1nc(Br)c2c(NCCOc3ccc(F)cc3F)ncnc21. The molecular formula is C14H12BrF2N5O. The Labute approximate surface area is 138 Å². The van der Waals surface area contributed by atoms with Crippen molar-refractivity contribution in [3.05, 3.63) is 40.8 Å². The number of nitrogens with zero attached hydrogens (tertiary/aromatic N) is 4. The van der Waals surface area contributed by atoms with Crippen molar-refractivity contribution in [1.82, 2.24) is 19.7 Å². The molecule has 2 heterocycles. The summed E-state index contributed by atoms with van der Waals surface area (Å²) in [5, 5.41) is 8.06. The molecular weight excluding hydrogens is 372 g/mol. The predicted molar refractivity (Wildman–Crippen MR) is 84.3 cm³/mol. The van der Waals surface area contributed by atoms with E-state index in [1.54, 1.807) is 11.7 Å². The second-order valence-corrected chi connectivity index (χ2v) is 5.44. The minimum atomic E-state index is -0.732. The molecule has 0 aliphatic heterocycles. The maximum Gasteiger partial charge on any atom is 0.167 e. The Hall–Kier alpha value is -2.29. The first-order chi connectivity index (χ1) is 11.1. The summed E-state index contributed by atoms with van der Waals surface area (Å²) in [7, 11) is 1.78. The number of ether oxygens (including phenoxy) is 1. The van der Waals surface area contributed by atoms with Gasteiger partial charge in [-0.3, -0.25) is 0 Å². The van der Waals surface area contributed by atoms with Gasteiger partial charge in [0.2, 0.25) is 0 Å². The fraction of sp³-hybridized carbons (Fsp3) is 0.214. The molecule has 0 fully saturated rings. The Kier molecular flexibility index (Phi) is 4.37. The highest BCUT2D eigenvalue weighted by Crippen LogP contribution is 2.26. The van der Waals surface area contributed by atoms with E-state index in [1.807, 2.05) is 0 Å². The molecule has 1 N–H and O–H groups in total. The Morgan fingerprint density at radius 2 is 2.13 bits per heavy atom. The summed E-state index contributed by atoms with van der Waals surface area (Å²) in [6, 6.07) is 3.18. The second kappa shape index (κ2) is 6.45. The standard InChI is InChI=1S/C14H12BrF2N5O/c1-22-14-11(12(15)21-22)13(19-7-20-14)18-4-5-23-10-3-2-8(16)6-9(10)17/h2-3,6-7H,4-5H2,1H3,(H,18,19,20). The van der Waals surface area contributed by atoms with Crippen molar-refractivity contribution in [2.75, 3.05) is 18.5 Å². The molecule has 0 unspecified atom stereocenters. The fourth-order valence-electron chi connectivity index (χ4n) is 2.10. The van der Waals surface area contributed by atoms with Gasteiger partial charge in [0, 0.05) is 13.1 Å². The van der Waals surface area contributed by atoms with Crippen molar-refractivity contribution in [3.8, 4) is 5.75 Å². The van der Waals surface area contributed by atoms with Crippen LogP contribution in [0.2, 0.25) is 0 Å². The highest BCUT2D eigenvalue weighted by atomic mass is 79.9. The van der Waals surface area contributed by atoms with E-state index in [2.05, 4.69) is 36.3 Å². The Morgan fingerprint density at radius 3 is 2.91 bits per heavy atom. The van der Waals surface area contributed by atoms with E-state index in [0.29, 0.717) is 22.6 Å². The van der Waals surface area contributed by atoms with E-state index < -0.39 is 11.6 Å². The monoisotopic (exact) mass is 383 g/mol. The molecule has 0 aliphatic rings. The van der Waals surface area contributed by atoms with Crippen LogP contribution in [0.3, 0.4) is 0 Å². The number of hydrogen-bond donors (Lipinski definition) is 1. The second-order valence-electron chi connectivity index (χ2n) is 4.69. The van der Waals surface area contributed by atoms with E-state index in [4.69, 9.17) is 4.74 Å². The van der Waals surface area contributed by atoms with Gasteiger partial charge in [0.05, 0.1) is 11.9 Å². The summed E-state index contributed by atoms with van der Waals surface area (Å²) in [6.45, 7) is 0.566. The minimum Gasteiger partial charge on any atom is -0.489 e. The van der Waals surface area contributed by atoms with Crippen LogP contribution in [0.1, 0.15) is 0 Å². The van der Waals surface area contributed by atoms with Crippen LogP contribution >= 0.6 is 15.9 Å². The molecule has 0 radical (unpaired) electrons. The van der Waals surface area contributed by atoms with Gasteiger partial charge < -0.3 is 10.1 Å². The minimum absolute atomic E-state index is 0.00333. The van der Waals surface area contributed by atoms with E-state index >= 15 is 0 Å². The number of benzene rings is 1. The normalized spacial score (nSPS) is 11.0.